The fraction of sp³-hybridized carbons (Fsp3) is 0.889. The van der Waals surface area contributed by atoms with Gasteiger partial charge in [0.15, 0.2) is 0 Å². The molecule has 1 saturated heterocycles. The lowest BCUT2D eigenvalue weighted by atomic mass is 9.78. The number of hydrogen-bond acceptors (Lipinski definition) is 3. The molecule has 1 aliphatic heterocycles. The highest BCUT2D eigenvalue weighted by Gasteiger charge is 2.29. The van der Waals surface area contributed by atoms with Crippen LogP contribution in [0.5, 0.6) is 0 Å². The van der Waals surface area contributed by atoms with Gasteiger partial charge in [0.2, 0.25) is 5.91 Å². The van der Waals surface area contributed by atoms with Gasteiger partial charge in [0.1, 0.15) is 5.60 Å². The Morgan fingerprint density at radius 2 is 1.59 bits per heavy atom. The van der Waals surface area contributed by atoms with Crippen molar-refractivity contribution >= 4 is 11.9 Å². The van der Waals surface area contributed by atoms with Crippen LogP contribution in [0.4, 0.5) is 0 Å². The molecule has 126 valence electrons. The van der Waals surface area contributed by atoms with Gasteiger partial charge in [-0.15, -0.1) is 0 Å². The molecule has 0 aromatic heterocycles. The zero-order valence-electron chi connectivity index (χ0n) is 14.4. The Bertz CT molecular complexity index is 394. The van der Waals surface area contributed by atoms with Gasteiger partial charge in [-0.25, -0.2) is 0 Å². The molecule has 0 bridgehead atoms. The van der Waals surface area contributed by atoms with E-state index >= 15 is 0 Å². The highest BCUT2D eigenvalue weighted by Crippen LogP contribution is 2.34. The van der Waals surface area contributed by atoms with Crippen LogP contribution in [0.1, 0.15) is 72.1 Å². The van der Waals surface area contributed by atoms with Crippen molar-refractivity contribution in [1.82, 2.24) is 4.90 Å². The van der Waals surface area contributed by atoms with E-state index in [4.69, 9.17) is 4.74 Å². The Morgan fingerprint density at radius 3 is 2.18 bits per heavy atom. The number of hydrogen-bond donors (Lipinski definition) is 0. The van der Waals surface area contributed by atoms with Gasteiger partial charge < -0.3 is 9.64 Å². The first-order chi connectivity index (χ1) is 10.3. The zero-order chi connectivity index (χ0) is 16.2. The zero-order valence-corrected chi connectivity index (χ0v) is 14.4. The first-order valence-electron chi connectivity index (χ1n) is 8.83. The topological polar surface area (TPSA) is 46.6 Å². The average molecular weight is 309 g/mol. The van der Waals surface area contributed by atoms with Gasteiger partial charge in [-0.05, 0) is 64.7 Å². The van der Waals surface area contributed by atoms with Crippen molar-refractivity contribution in [3.63, 3.8) is 0 Å². The summed E-state index contributed by atoms with van der Waals surface area (Å²) in [6.45, 7) is 7.59. The molecule has 0 spiro atoms. The van der Waals surface area contributed by atoms with Gasteiger partial charge in [-0.2, -0.15) is 0 Å². The normalized spacial score (nSPS) is 26.0. The van der Waals surface area contributed by atoms with Crippen molar-refractivity contribution in [3.8, 4) is 0 Å². The second-order valence-electron chi connectivity index (χ2n) is 7.98. The SMILES string of the molecule is CC(C)(C)OC(=O)C[C@H]1CCC[C@@H](CC(=O)N2CCCC2)C1. The number of nitrogens with zero attached hydrogens (tertiary/aromatic N) is 1. The van der Waals surface area contributed by atoms with E-state index in [1.807, 2.05) is 25.7 Å². The number of likely N-dealkylation sites (tertiary alicyclic amines) is 1. The first kappa shape index (κ1) is 17.3. The molecule has 2 fully saturated rings. The molecular formula is C18H31NO3. The van der Waals surface area contributed by atoms with Crippen molar-refractivity contribution in [3.05, 3.63) is 0 Å². The standard InChI is InChI=1S/C18H31NO3/c1-18(2,3)22-17(21)13-15-8-6-7-14(11-15)12-16(20)19-9-4-5-10-19/h14-15H,4-13H2,1-3H3/t14-,15+/m1/s1. The maximum Gasteiger partial charge on any atom is 0.306 e. The first-order valence-corrected chi connectivity index (χ1v) is 8.83. The molecule has 0 aromatic rings. The number of amides is 1. The summed E-state index contributed by atoms with van der Waals surface area (Å²) in [7, 11) is 0. The minimum absolute atomic E-state index is 0.0935. The van der Waals surface area contributed by atoms with E-state index in [0.717, 1.165) is 51.6 Å². The Balaban J connectivity index is 1.76. The van der Waals surface area contributed by atoms with Crippen molar-refractivity contribution in [2.75, 3.05) is 13.1 Å². The molecule has 4 nitrogen and oxygen atoms in total. The number of carbonyl (C=O) groups is 2. The highest BCUT2D eigenvalue weighted by atomic mass is 16.6. The molecular weight excluding hydrogens is 278 g/mol. The van der Waals surface area contributed by atoms with Gasteiger partial charge >= 0.3 is 5.97 Å². The van der Waals surface area contributed by atoms with Crippen molar-refractivity contribution in [2.45, 2.75) is 77.7 Å². The average Bonchev–Trinajstić information content (AvgIpc) is 2.90. The third kappa shape index (κ3) is 5.62. The second kappa shape index (κ2) is 7.47. The Labute approximate surface area is 134 Å². The molecule has 0 unspecified atom stereocenters. The molecule has 22 heavy (non-hydrogen) atoms. The van der Waals surface area contributed by atoms with Crippen LogP contribution in [-0.4, -0.2) is 35.5 Å². The number of ether oxygens (including phenoxy) is 1. The van der Waals surface area contributed by atoms with E-state index in [1.54, 1.807) is 0 Å². The largest absolute Gasteiger partial charge is 0.460 e. The van der Waals surface area contributed by atoms with Crippen LogP contribution in [0.2, 0.25) is 0 Å². The molecule has 4 heteroatoms. The molecule has 0 aromatic carbocycles. The fourth-order valence-corrected chi connectivity index (χ4v) is 3.73. The fourth-order valence-electron chi connectivity index (χ4n) is 3.73. The summed E-state index contributed by atoms with van der Waals surface area (Å²) in [4.78, 5) is 26.2. The third-order valence-corrected chi connectivity index (χ3v) is 4.69. The number of carbonyl (C=O) groups excluding carboxylic acids is 2. The van der Waals surface area contributed by atoms with Gasteiger partial charge in [0, 0.05) is 25.9 Å². The molecule has 2 atom stereocenters. The lowest BCUT2D eigenvalue weighted by molar-refractivity contribution is -0.156. The summed E-state index contributed by atoms with van der Waals surface area (Å²) in [5.41, 5.74) is -0.406. The molecule has 1 amide bonds. The van der Waals surface area contributed by atoms with Crippen LogP contribution >= 0.6 is 0 Å². The molecule has 1 heterocycles. The van der Waals surface area contributed by atoms with Gasteiger partial charge in [-0.3, -0.25) is 9.59 Å². The van der Waals surface area contributed by atoms with Crippen LogP contribution in [0.3, 0.4) is 0 Å². The van der Waals surface area contributed by atoms with Gasteiger partial charge in [0.05, 0.1) is 0 Å². The summed E-state index contributed by atoms with van der Waals surface area (Å²) >= 11 is 0. The van der Waals surface area contributed by atoms with E-state index in [2.05, 4.69) is 0 Å². The second-order valence-corrected chi connectivity index (χ2v) is 7.98. The third-order valence-electron chi connectivity index (χ3n) is 4.69. The summed E-state index contributed by atoms with van der Waals surface area (Å²) in [5.74, 6) is 1.07. The number of esters is 1. The smallest absolute Gasteiger partial charge is 0.306 e. The molecule has 2 rings (SSSR count). The lowest BCUT2D eigenvalue weighted by Gasteiger charge is -2.30. The quantitative estimate of drug-likeness (QED) is 0.746. The van der Waals surface area contributed by atoms with Crippen LogP contribution in [0.25, 0.3) is 0 Å². The molecule has 1 saturated carbocycles. The maximum absolute atomic E-state index is 12.3. The predicted octanol–water partition coefficient (Wildman–Crippen LogP) is 3.54. The van der Waals surface area contributed by atoms with Crippen molar-refractivity contribution in [2.24, 2.45) is 11.8 Å². The number of rotatable bonds is 4. The van der Waals surface area contributed by atoms with Crippen LogP contribution in [0.15, 0.2) is 0 Å². The van der Waals surface area contributed by atoms with E-state index in [9.17, 15) is 9.59 Å². The van der Waals surface area contributed by atoms with E-state index in [1.165, 1.54) is 0 Å². The van der Waals surface area contributed by atoms with Crippen LogP contribution in [0, 0.1) is 11.8 Å². The summed E-state index contributed by atoms with van der Waals surface area (Å²) in [5, 5.41) is 0. The summed E-state index contributed by atoms with van der Waals surface area (Å²) in [6.07, 6.45) is 7.83. The summed E-state index contributed by atoms with van der Waals surface area (Å²) < 4.78 is 5.42. The molecule has 1 aliphatic carbocycles. The van der Waals surface area contributed by atoms with Crippen molar-refractivity contribution < 1.29 is 14.3 Å². The van der Waals surface area contributed by atoms with Crippen LogP contribution < -0.4 is 0 Å². The monoisotopic (exact) mass is 309 g/mol. The van der Waals surface area contributed by atoms with Gasteiger partial charge in [0.25, 0.3) is 0 Å². The predicted molar refractivity (Wildman–Crippen MR) is 86.3 cm³/mol. The van der Waals surface area contributed by atoms with E-state index < -0.39 is 5.60 Å². The molecule has 2 aliphatic rings. The maximum atomic E-state index is 12.3. The Kier molecular flexibility index (Phi) is 5.87. The minimum atomic E-state index is -0.406. The minimum Gasteiger partial charge on any atom is -0.460 e. The highest BCUT2D eigenvalue weighted by molar-refractivity contribution is 5.76. The lowest BCUT2D eigenvalue weighted by Crippen LogP contribution is -2.31. The van der Waals surface area contributed by atoms with E-state index in [-0.39, 0.29) is 5.97 Å². The Hall–Kier alpha value is -1.06. The molecule has 0 radical (unpaired) electrons. The summed E-state index contributed by atoms with van der Waals surface area (Å²) in [6, 6.07) is 0. The van der Waals surface area contributed by atoms with Crippen molar-refractivity contribution in [1.29, 1.82) is 0 Å². The molecule has 0 N–H and O–H groups in total. The van der Waals surface area contributed by atoms with E-state index in [0.29, 0.717) is 30.6 Å². The van der Waals surface area contributed by atoms with Crippen LogP contribution in [-0.2, 0) is 14.3 Å². The Morgan fingerprint density at radius 1 is 1.00 bits per heavy atom. The van der Waals surface area contributed by atoms with Gasteiger partial charge in [-0.1, -0.05) is 6.42 Å².